The zero-order valence-electron chi connectivity index (χ0n) is 18.2. The molecule has 3 aliphatic rings. The van der Waals surface area contributed by atoms with Crippen LogP contribution in [0.3, 0.4) is 0 Å². The fourth-order valence-corrected chi connectivity index (χ4v) is 5.36. The number of rotatable bonds is 4. The summed E-state index contributed by atoms with van der Waals surface area (Å²) in [5.74, 6) is 0.198. The standard InChI is InChI=1S/C26H32N2O3/c29-25(28-14-16-30-17-15-28)19-23-18-22-8-4-5-9-24(22)26(31-23)10-12-27(13-11-26)20-21-6-2-1-3-7-21/h1-9,23H,10-20H2. The van der Waals surface area contributed by atoms with Crippen molar-refractivity contribution in [2.24, 2.45) is 0 Å². The summed E-state index contributed by atoms with van der Waals surface area (Å²) in [6, 6.07) is 19.4. The minimum Gasteiger partial charge on any atom is -0.378 e. The molecule has 2 fully saturated rings. The van der Waals surface area contributed by atoms with E-state index < -0.39 is 0 Å². The van der Waals surface area contributed by atoms with E-state index in [1.807, 2.05) is 4.90 Å². The van der Waals surface area contributed by atoms with Gasteiger partial charge in [-0.05, 0) is 36.0 Å². The van der Waals surface area contributed by atoms with Gasteiger partial charge in [0.2, 0.25) is 5.91 Å². The van der Waals surface area contributed by atoms with Crippen molar-refractivity contribution in [3.63, 3.8) is 0 Å². The number of fused-ring (bicyclic) bond motifs is 2. The Bertz CT molecular complexity index is 887. The molecular formula is C26H32N2O3. The molecule has 0 bridgehead atoms. The molecule has 5 nitrogen and oxygen atoms in total. The van der Waals surface area contributed by atoms with Gasteiger partial charge in [0, 0.05) is 32.7 Å². The average Bonchev–Trinajstić information content (AvgIpc) is 2.82. The van der Waals surface area contributed by atoms with Crippen molar-refractivity contribution in [2.75, 3.05) is 39.4 Å². The Balaban J connectivity index is 1.29. The molecule has 31 heavy (non-hydrogen) atoms. The minimum atomic E-state index is -0.266. The highest BCUT2D eigenvalue weighted by atomic mass is 16.5. The van der Waals surface area contributed by atoms with Crippen LogP contribution in [0.5, 0.6) is 0 Å². The minimum absolute atomic E-state index is 0.0501. The number of carbonyl (C=O) groups is 1. The normalized spacial score (nSPS) is 23.5. The van der Waals surface area contributed by atoms with Crippen LogP contribution in [0.25, 0.3) is 0 Å². The van der Waals surface area contributed by atoms with Gasteiger partial charge in [0.1, 0.15) is 0 Å². The molecule has 0 saturated carbocycles. The van der Waals surface area contributed by atoms with E-state index in [2.05, 4.69) is 59.5 Å². The van der Waals surface area contributed by atoms with Crippen molar-refractivity contribution >= 4 is 5.91 Å². The van der Waals surface area contributed by atoms with Crippen molar-refractivity contribution in [3.05, 3.63) is 71.3 Å². The molecule has 1 unspecified atom stereocenters. The van der Waals surface area contributed by atoms with E-state index in [9.17, 15) is 4.79 Å². The maximum absolute atomic E-state index is 12.9. The second-order valence-corrected chi connectivity index (χ2v) is 9.05. The molecule has 0 radical (unpaired) electrons. The summed E-state index contributed by atoms with van der Waals surface area (Å²) in [7, 11) is 0. The third kappa shape index (κ3) is 4.54. The van der Waals surface area contributed by atoms with Gasteiger partial charge >= 0.3 is 0 Å². The van der Waals surface area contributed by atoms with E-state index in [0.29, 0.717) is 32.7 Å². The Kier molecular flexibility index (Phi) is 6.08. The number of benzene rings is 2. The molecule has 1 atom stereocenters. The summed E-state index contributed by atoms with van der Waals surface area (Å²) in [6.07, 6.45) is 3.18. The summed E-state index contributed by atoms with van der Waals surface area (Å²) < 4.78 is 12.2. The Morgan fingerprint density at radius 2 is 1.65 bits per heavy atom. The Hall–Kier alpha value is -2.21. The van der Waals surface area contributed by atoms with Gasteiger partial charge in [-0.1, -0.05) is 54.6 Å². The molecule has 164 valence electrons. The maximum atomic E-state index is 12.9. The van der Waals surface area contributed by atoms with Gasteiger partial charge in [0.25, 0.3) is 0 Å². The summed E-state index contributed by atoms with van der Waals surface area (Å²) in [5.41, 5.74) is 3.78. The largest absolute Gasteiger partial charge is 0.378 e. The molecular weight excluding hydrogens is 388 g/mol. The van der Waals surface area contributed by atoms with Gasteiger partial charge in [0.05, 0.1) is 31.3 Å². The fourth-order valence-electron chi connectivity index (χ4n) is 5.36. The molecule has 0 aromatic heterocycles. The van der Waals surface area contributed by atoms with Crippen molar-refractivity contribution in [2.45, 2.75) is 43.9 Å². The maximum Gasteiger partial charge on any atom is 0.225 e. The molecule has 1 amide bonds. The Labute approximate surface area is 184 Å². The fraction of sp³-hybridized carbons (Fsp3) is 0.500. The van der Waals surface area contributed by atoms with E-state index in [1.165, 1.54) is 16.7 Å². The first-order valence-electron chi connectivity index (χ1n) is 11.6. The summed E-state index contributed by atoms with van der Waals surface area (Å²) in [4.78, 5) is 17.3. The number of morpholine rings is 1. The molecule has 0 aliphatic carbocycles. The second kappa shape index (κ2) is 9.11. The molecule has 2 saturated heterocycles. The third-order valence-corrected chi connectivity index (χ3v) is 7.03. The zero-order chi connectivity index (χ0) is 21.1. The number of carbonyl (C=O) groups excluding carboxylic acids is 1. The van der Waals surface area contributed by atoms with Crippen LogP contribution in [0.4, 0.5) is 0 Å². The first-order chi connectivity index (χ1) is 15.2. The van der Waals surface area contributed by atoms with Crippen LogP contribution in [0.15, 0.2) is 54.6 Å². The number of piperidine rings is 1. The van der Waals surface area contributed by atoms with Crippen LogP contribution in [0.2, 0.25) is 0 Å². The van der Waals surface area contributed by atoms with Crippen LogP contribution in [0.1, 0.15) is 36.0 Å². The van der Waals surface area contributed by atoms with E-state index in [1.54, 1.807) is 0 Å². The van der Waals surface area contributed by atoms with Crippen LogP contribution >= 0.6 is 0 Å². The first-order valence-corrected chi connectivity index (χ1v) is 11.6. The first kappa shape index (κ1) is 20.7. The molecule has 5 heteroatoms. The topological polar surface area (TPSA) is 42.0 Å². The number of amides is 1. The molecule has 3 aliphatic heterocycles. The molecule has 5 rings (SSSR count). The van der Waals surface area contributed by atoms with Gasteiger partial charge in [-0.3, -0.25) is 9.69 Å². The Morgan fingerprint density at radius 3 is 2.42 bits per heavy atom. The number of nitrogens with zero attached hydrogens (tertiary/aromatic N) is 2. The van der Waals surface area contributed by atoms with Crippen LogP contribution in [-0.2, 0) is 32.8 Å². The van der Waals surface area contributed by atoms with Crippen molar-refractivity contribution in [1.29, 1.82) is 0 Å². The van der Waals surface area contributed by atoms with E-state index in [0.717, 1.165) is 38.9 Å². The predicted octanol–water partition coefficient (Wildman–Crippen LogP) is 3.37. The lowest BCUT2D eigenvalue weighted by atomic mass is 9.77. The monoisotopic (exact) mass is 420 g/mol. The molecule has 2 aromatic rings. The van der Waals surface area contributed by atoms with E-state index >= 15 is 0 Å². The van der Waals surface area contributed by atoms with E-state index in [4.69, 9.17) is 9.47 Å². The lowest BCUT2D eigenvalue weighted by Gasteiger charge is -2.47. The summed E-state index contributed by atoms with van der Waals surface area (Å²) in [5, 5.41) is 0. The van der Waals surface area contributed by atoms with Crippen molar-refractivity contribution in [1.82, 2.24) is 9.80 Å². The quantitative estimate of drug-likeness (QED) is 0.761. The SMILES string of the molecule is O=C(CC1Cc2ccccc2C2(CCN(Cc3ccccc3)CC2)O1)N1CCOCC1. The smallest absolute Gasteiger partial charge is 0.225 e. The number of hydrogen-bond acceptors (Lipinski definition) is 4. The number of hydrogen-bond donors (Lipinski definition) is 0. The number of likely N-dealkylation sites (tertiary alicyclic amines) is 1. The van der Waals surface area contributed by atoms with Crippen LogP contribution in [0, 0.1) is 0 Å². The van der Waals surface area contributed by atoms with Gasteiger partial charge in [-0.25, -0.2) is 0 Å². The molecule has 1 spiro atoms. The van der Waals surface area contributed by atoms with Gasteiger partial charge in [-0.15, -0.1) is 0 Å². The van der Waals surface area contributed by atoms with Gasteiger partial charge in [0.15, 0.2) is 0 Å². The third-order valence-electron chi connectivity index (χ3n) is 7.03. The highest BCUT2D eigenvalue weighted by Gasteiger charge is 2.44. The molecule has 3 heterocycles. The number of ether oxygens (including phenoxy) is 2. The highest BCUT2D eigenvalue weighted by Crippen LogP contribution is 2.44. The predicted molar refractivity (Wildman–Crippen MR) is 120 cm³/mol. The average molecular weight is 421 g/mol. The van der Waals surface area contributed by atoms with Crippen molar-refractivity contribution in [3.8, 4) is 0 Å². The summed E-state index contributed by atoms with van der Waals surface area (Å²) in [6.45, 7) is 5.67. The zero-order valence-corrected chi connectivity index (χ0v) is 18.2. The second-order valence-electron chi connectivity index (χ2n) is 9.05. The van der Waals surface area contributed by atoms with Crippen LogP contribution < -0.4 is 0 Å². The lowest BCUT2D eigenvalue weighted by molar-refractivity contribution is -0.157. The van der Waals surface area contributed by atoms with Crippen molar-refractivity contribution < 1.29 is 14.3 Å². The molecule has 2 aromatic carbocycles. The lowest BCUT2D eigenvalue weighted by Crippen LogP contribution is -2.50. The Morgan fingerprint density at radius 1 is 0.935 bits per heavy atom. The van der Waals surface area contributed by atoms with Gasteiger partial charge < -0.3 is 14.4 Å². The van der Waals surface area contributed by atoms with Gasteiger partial charge in [-0.2, -0.15) is 0 Å². The summed E-state index contributed by atoms with van der Waals surface area (Å²) >= 11 is 0. The van der Waals surface area contributed by atoms with E-state index in [-0.39, 0.29) is 17.6 Å². The highest BCUT2D eigenvalue weighted by molar-refractivity contribution is 5.77. The van der Waals surface area contributed by atoms with Crippen LogP contribution in [-0.4, -0.2) is 61.2 Å². The molecule has 0 N–H and O–H groups in total.